The van der Waals surface area contributed by atoms with Crippen LogP contribution in [0, 0.1) is 0 Å². The standard InChI is InChI=1S/C21H21N3O7S/c1-3-29-18(26)13-6-9-32-17(13)22-16(25)11-24-19(27)21(2,23-20(24)28)12-4-5-14-15(10-12)31-8-7-30-14/h4-6,9-10H,3,7-8,11H2,1-2H3,(H,22,25)(H,23,28). The fourth-order valence-electron chi connectivity index (χ4n) is 3.48. The third kappa shape index (κ3) is 3.86. The van der Waals surface area contributed by atoms with E-state index in [9.17, 15) is 19.2 Å². The molecule has 1 unspecified atom stereocenters. The molecule has 0 bridgehead atoms. The van der Waals surface area contributed by atoms with Crippen LogP contribution in [-0.4, -0.2) is 55.1 Å². The minimum atomic E-state index is -1.37. The van der Waals surface area contributed by atoms with Crippen molar-refractivity contribution in [1.29, 1.82) is 0 Å². The molecule has 2 aliphatic rings. The summed E-state index contributed by atoms with van der Waals surface area (Å²) >= 11 is 1.14. The number of carbonyl (C=O) groups is 4. The molecule has 1 atom stereocenters. The van der Waals surface area contributed by atoms with Gasteiger partial charge in [-0.3, -0.25) is 14.5 Å². The molecule has 168 valence electrons. The molecule has 4 amide bonds. The second-order valence-corrected chi connectivity index (χ2v) is 8.15. The normalized spacial score (nSPS) is 19.5. The van der Waals surface area contributed by atoms with E-state index in [0.717, 1.165) is 16.2 Å². The number of rotatable bonds is 6. The first-order valence-electron chi connectivity index (χ1n) is 9.92. The Morgan fingerprint density at radius 1 is 1.22 bits per heavy atom. The smallest absolute Gasteiger partial charge is 0.341 e. The van der Waals surface area contributed by atoms with Crippen molar-refractivity contribution in [2.75, 3.05) is 31.7 Å². The molecule has 11 heteroatoms. The Morgan fingerprint density at radius 2 is 1.97 bits per heavy atom. The summed E-state index contributed by atoms with van der Waals surface area (Å²) in [6, 6.07) is 5.84. The van der Waals surface area contributed by atoms with Crippen LogP contribution in [0.4, 0.5) is 9.80 Å². The summed E-state index contributed by atoms with van der Waals surface area (Å²) in [5, 5.41) is 7.15. The minimum Gasteiger partial charge on any atom is -0.486 e. The molecule has 0 aliphatic carbocycles. The Balaban J connectivity index is 1.48. The average Bonchev–Trinajstić information content (AvgIpc) is 3.32. The molecular weight excluding hydrogens is 438 g/mol. The van der Waals surface area contributed by atoms with Crippen molar-refractivity contribution < 1.29 is 33.4 Å². The van der Waals surface area contributed by atoms with Gasteiger partial charge in [-0.05, 0) is 43.0 Å². The predicted molar refractivity (Wildman–Crippen MR) is 114 cm³/mol. The van der Waals surface area contributed by atoms with Crippen molar-refractivity contribution in [3.05, 3.63) is 40.8 Å². The zero-order valence-corrected chi connectivity index (χ0v) is 18.2. The van der Waals surface area contributed by atoms with Crippen molar-refractivity contribution >= 4 is 40.2 Å². The molecule has 1 saturated heterocycles. The van der Waals surface area contributed by atoms with Crippen molar-refractivity contribution in [2.24, 2.45) is 0 Å². The van der Waals surface area contributed by atoms with Crippen LogP contribution in [0.3, 0.4) is 0 Å². The molecule has 2 aliphatic heterocycles. The molecule has 3 heterocycles. The van der Waals surface area contributed by atoms with Gasteiger partial charge in [-0.2, -0.15) is 0 Å². The number of hydrogen-bond donors (Lipinski definition) is 2. The lowest BCUT2D eigenvalue weighted by Crippen LogP contribution is -2.42. The van der Waals surface area contributed by atoms with E-state index in [1.54, 1.807) is 37.4 Å². The van der Waals surface area contributed by atoms with E-state index in [1.165, 1.54) is 6.07 Å². The van der Waals surface area contributed by atoms with Gasteiger partial charge in [-0.25, -0.2) is 9.59 Å². The van der Waals surface area contributed by atoms with Crippen LogP contribution in [0.5, 0.6) is 11.5 Å². The van der Waals surface area contributed by atoms with Crippen molar-refractivity contribution in [2.45, 2.75) is 19.4 Å². The Kier molecular flexibility index (Phi) is 5.74. The highest BCUT2D eigenvalue weighted by Gasteiger charge is 2.49. The molecule has 32 heavy (non-hydrogen) atoms. The summed E-state index contributed by atoms with van der Waals surface area (Å²) in [4.78, 5) is 51.1. The summed E-state index contributed by atoms with van der Waals surface area (Å²) in [6.45, 7) is 3.75. The number of amides is 4. The predicted octanol–water partition coefficient (Wildman–Crippen LogP) is 2.10. The maximum atomic E-state index is 13.1. The van der Waals surface area contributed by atoms with Crippen LogP contribution in [0.1, 0.15) is 29.8 Å². The fraction of sp³-hybridized carbons (Fsp3) is 0.333. The van der Waals surface area contributed by atoms with Crippen molar-refractivity contribution in [3.8, 4) is 11.5 Å². The zero-order valence-electron chi connectivity index (χ0n) is 17.4. The Bertz CT molecular complexity index is 1100. The molecule has 2 N–H and O–H groups in total. The number of benzene rings is 1. The van der Waals surface area contributed by atoms with E-state index in [2.05, 4.69) is 10.6 Å². The Morgan fingerprint density at radius 3 is 2.72 bits per heavy atom. The molecule has 1 aromatic heterocycles. The van der Waals surface area contributed by atoms with Gasteiger partial charge in [-0.15, -0.1) is 11.3 Å². The molecule has 2 aromatic rings. The Labute approximate surface area is 187 Å². The minimum absolute atomic E-state index is 0.197. The van der Waals surface area contributed by atoms with Crippen LogP contribution in [0.15, 0.2) is 29.6 Å². The van der Waals surface area contributed by atoms with Gasteiger partial charge in [0.15, 0.2) is 11.5 Å². The summed E-state index contributed by atoms with van der Waals surface area (Å²) in [7, 11) is 0. The first-order valence-corrected chi connectivity index (χ1v) is 10.8. The third-order valence-electron chi connectivity index (χ3n) is 5.11. The number of urea groups is 1. The molecule has 4 rings (SSSR count). The molecule has 1 aromatic carbocycles. The van der Waals surface area contributed by atoms with Gasteiger partial charge in [0.25, 0.3) is 5.91 Å². The highest BCUT2D eigenvalue weighted by molar-refractivity contribution is 7.14. The number of imide groups is 1. The van der Waals surface area contributed by atoms with Crippen LogP contribution in [0.25, 0.3) is 0 Å². The first kappa shape index (κ1) is 21.6. The van der Waals surface area contributed by atoms with E-state index in [-0.39, 0.29) is 17.2 Å². The van der Waals surface area contributed by atoms with Gasteiger partial charge in [-0.1, -0.05) is 6.07 Å². The number of anilines is 1. The third-order valence-corrected chi connectivity index (χ3v) is 5.94. The average molecular weight is 459 g/mol. The zero-order chi connectivity index (χ0) is 22.9. The number of carbonyl (C=O) groups excluding carboxylic acids is 4. The number of nitrogens with zero attached hydrogens (tertiary/aromatic N) is 1. The van der Waals surface area contributed by atoms with E-state index in [0.29, 0.717) is 30.3 Å². The molecule has 10 nitrogen and oxygen atoms in total. The maximum Gasteiger partial charge on any atom is 0.341 e. The van der Waals surface area contributed by atoms with E-state index < -0.39 is 35.9 Å². The molecule has 0 radical (unpaired) electrons. The molecule has 0 spiro atoms. The maximum absolute atomic E-state index is 13.1. The van der Waals surface area contributed by atoms with Gasteiger partial charge >= 0.3 is 12.0 Å². The lowest BCUT2D eigenvalue weighted by molar-refractivity contribution is -0.133. The summed E-state index contributed by atoms with van der Waals surface area (Å²) < 4.78 is 16.0. The SMILES string of the molecule is CCOC(=O)c1ccsc1NC(=O)CN1C(=O)NC(C)(c2ccc3c(c2)OCCO3)C1=O. The summed E-state index contributed by atoms with van der Waals surface area (Å²) in [5.41, 5.74) is -0.652. The number of thiophene rings is 1. The van der Waals surface area contributed by atoms with Crippen LogP contribution >= 0.6 is 11.3 Å². The number of fused-ring (bicyclic) bond motifs is 1. The molecule has 0 saturated carbocycles. The second-order valence-electron chi connectivity index (χ2n) is 7.24. The number of nitrogens with one attached hydrogen (secondary N) is 2. The van der Waals surface area contributed by atoms with Gasteiger partial charge < -0.3 is 24.8 Å². The first-order chi connectivity index (χ1) is 15.3. The summed E-state index contributed by atoms with van der Waals surface area (Å²) in [6.07, 6.45) is 0. The monoisotopic (exact) mass is 459 g/mol. The van der Waals surface area contributed by atoms with Crippen LogP contribution in [-0.2, 0) is 19.9 Å². The lowest BCUT2D eigenvalue weighted by Gasteiger charge is -2.25. The number of hydrogen-bond acceptors (Lipinski definition) is 8. The quantitative estimate of drug-likeness (QED) is 0.501. The highest BCUT2D eigenvalue weighted by Crippen LogP contribution is 2.37. The molecule has 1 fully saturated rings. The van der Waals surface area contributed by atoms with Crippen molar-refractivity contribution in [1.82, 2.24) is 10.2 Å². The largest absolute Gasteiger partial charge is 0.486 e. The van der Waals surface area contributed by atoms with E-state index in [4.69, 9.17) is 14.2 Å². The number of ether oxygens (including phenoxy) is 3. The van der Waals surface area contributed by atoms with Gasteiger partial charge in [0.2, 0.25) is 5.91 Å². The summed E-state index contributed by atoms with van der Waals surface area (Å²) in [5.74, 6) is -0.716. The lowest BCUT2D eigenvalue weighted by atomic mass is 9.91. The van der Waals surface area contributed by atoms with Gasteiger partial charge in [0.1, 0.15) is 30.3 Å². The van der Waals surface area contributed by atoms with Gasteiger partial charge in [0, 0.05) is 0 Å². The number of esters is 1. The Hall–Kier alpha value is -3.60. The van der Waals surface area contributed by atoms with Crippen molar-refractivity contribution in [3.63, 3.8) is 0 Å². The van der Waals surface area contributed by atoms with E-state index in [1.807, 2.05) is 0 Å². The highest BCUT2D eigenvalue weighted by atomic mass is 32.1. The second kappa shape index (κ2) is 8.50. The van der Waals surface area contributed by atoms with E-state index >= 15 is 0 Å². The van der Waals surface area contributed by atoms with Gasteiger partial charge in [0.05, 0.1) is 12.2 Å². The van der Waals surface area contributed by atoms with Crippen LogP contribution < -0.4 is 20.1 Å². The molecular formula is C21H21N3O7S. The fourth-order valence-corrected chi connectivity index (χ4v) is 4.27. The topological polar surface area (TPSA) is 123 Å². The van der Waals surface area contributed by atoms with Crippen LogP contribution in [0.2, 0.25) is 0 Å².